The number of aryl methyl sites for hydroxylation is 1. The number of H-pyrrole nitrogens is 1. The highest BCUT2D eigenvalue weighted by Crippen LogP contribution is 2.28. The normalized spacial score (nSPS) is 11.0. The Hall–Kier alpha value is -2.71. The number of thiazole rings is 1. The average Bonchev–Trinajstić information content (AvgIpc) is 3.40. The van der Waals surface area contributed by atoms with E-state index in [9.17, 15) is 4.79 Å². The van der Waals surface area contributed by atoms with Crippen molar-refractivity contribution in [2.24, 2.45) is 7.05 Å². The van der Waals surface area contributed by atoms with Crippen molar-refractivity contribution in [1.29, 1.82) is 0 Å². The smallest absolute Gasteiger partial charge is 0.271 e. The number of carbonyl (C=O) groups is 1. The molecule has 0 fully saturated rings. The van der Waals surface area contributed by atoms with Crippen LogP contribution < -0.4 is 0 Å². The van der Waals surface area contributed by atoms with Gasteiger partial charge in [-0.25, -0.2) is 4.98 Å². The lowest BCUT2D eigenvalue weighted by molar-refractivity contribution is 0.0778. The summed E-state index contributed by atoms with van der Waals surface area (Å²) in [6.07, 6.45) is 1.95. The minimum Gasteiger partial charge on any atom is -0.349 e. The Labute approximate surface area is 158 Å². The lowest BCUT2D eigenvalue weighted by atomic mass is 10.2. The van der Waals surface area contributed by atoms with Gasteiger partial charge in [-0.05, 0) is 29.6 Å². The van der Waals surface area contributed by atoms with E-state index in [0.29, 0.717) is 12.2 Å². The second-order valence-electron chi connectivity index (χ2n) is 5.95. The molecule has 4 aromatic heterocycles. The first kappa shape index (κ1) is 16.7. The Balaban J connectivity index is 1.47. The standard InChI is InChI=1S/C18H17N5OS2/c1-22-7-3-5-15(22)13-9-14(21-20-13)18(24)23(2)10-12-11-26-17(19-12)16-6-4-8-25-16/h3-9,11H,10H2,1-2H3,(H,20,21). The maximum atomic E-state index is 12.7. The van der Waals surface area contributed by atoms with Gasteiger partial charge in [0.2, 0.25) is 0 Å². The number of amides is 1. The first-order valence-corrected chi connectivity index (χ1v) is 9.78. The van der Waals surface area contributed by atoms with Crippen LogP contribution in [0.4, 0.5) is 0 Å². The number of aromatic nitrogens is 4. The van der Waals surface area contributed by atoms with Gasteiger partial charge in [0.15, 0.2) is 0 Å². The van der Waals surface area contributed by atoms with Gasteiger partial charge in [0.1, 0.15) is 16.4 Å². The van der Waals surface area contributed by atoms with Crippen LogP contribution in [0.5, 0.6) is 0 Å². The van der Waals surface area contributed by atoms with Crippen molar-refractivity contribution < 1.29 is 4.79 Å². The first-order chi connectivity index (χ1) is 12.6. The molecule has 0 saturated heterocycles. The van der Waals surface area contributed by atoms with E-state index in [1.54, 1.807) is 40.7 Å². The minimum absolute atomic E-state index is 0.108. The molecule has 6 nitrogen and oxygen atoms in total. The predicted octanol–water partition coefficient (Wildman–Crippen LogP) is 3.87. The van der Waals surface area contributed by atoms with Crippen LogP contribution in [0.3, 0.4) is 0 Å². The van der Waals surface area contributed by atoms with Crippen molar-refractivity contribution in [2.75, 3.05) is 7.05 Å². The molecular weight excluding hydrogens is 366 g/mol. The van der Waals surface area contributed by atoms with E-state index in [2.05, 4.69) is 21.2 Å². The molecule has 4 rings (SSSR count). The number of nitrogens with one attached hydrogen (secondary N) is 1. The molecule has 0 atom stereocenters. The van der Waals surface area contributed by atoms with Gasteiger partial charge >= 0.3 is 0 Å². The number of thiophene rings is 1. The van der Waals surface area contributed by atoms with Gasteiger partial charge in [0, 0.05) is 25.7 Å². The average molecular weight is 384 g/mol. The fourth-order valence-corrected chi connectivity index (χ4v) is 4.33. The molecule has 0 bridgehead atoms. The minimum atomic E-state index is -0.108. The molecule has 0 aliphatic rings. The number of nitrogens with zero attached hydrogens (tertiary/aromatic N) is 4. The zero-order valence-electron chi connectivity index (χ0n) is 14.3. The molecule has 1 N–H and O–H groups in total. The van der Waals surface area contributed by atoms with Crippen molar-refractivity contribution in [2.45, 2.75) is 6.54 Å². The summed E-state index contributed by atoms with van der Waals surface area (Å²) in [7, 11) is 3.72. The van der Waals surface area contributed by atoms with Crippen molar-refractivity contribution in [3.63, 3.8) is 0 Å². The van der Waals surface area contributed by atoms with Crippen molar-refractivity contribution >= 4 is 28.6 Å². The first-order valence-electron chi connectivity index (χ1n) is 8.02. The Kier molecular flexibility index (Phi) is 4.44. The number of aromatic amines is 1. The van der Waals surface area contributed by atoms with Crippen molar-refractivity contribution in [3.05, 3.63) is 58.7 Å². The van der Waals surface area contributed by atoms with Crippen LogP contribution in [0.15, 0.2) is 47.3 Å². The molecule has 0 aliphatic heterocycles. The van der Waals surface area contributed by atoms with Crippen LogP contribution in [0.25, 0.3) is 21.3 Å². The zero-order valence-corrected chi connectivity index (χ0v) is 16.0. The molecule has 4 aromatic rings. The van der Waals surface area contributed by atoms with Gasteiger partial charge in [0.05, 0.1) is 22.8 Å². The van der Waals surface area contributed by atoms with Crippen LogP contribution in [-0.2, 0) is 13.6 Å². The van der Waals surface area contributed by atoms with E-state index in [0.717, 1.165) is 27.0 Å². The van der Waals surface area contributed by atoms with E-state index < -0.39 is 0 Å². The second-order valence-corrected chi connectivity index (χ2v) is 7.76. The number of carbonyl (C=O) groups excluding carboxylic acids is 1. The molecule has 0 aliphatic carbocycles. The Morgan fingerprint density at radius 3 is 2.92 bits per heavy atom. The number of rotatable bonds is 5. The summed E-state index contributed by atoms with van der Waals surface area (Å²) in [5, 5.41) is 12.1. The van der Waals surface area contributed by atoms with Crippen LogP contribution >= 0.6 is 22.7 Å². The Morgan fingerprint density at radius 2 is 2.19 bits per heavy atom. The fourth-order valence-electron chi connectivity index (χ4n) is 2.70. The third-order valence-electron chi connectivity index (χ3n) is 4.04. The largest absolute Gasteiger partial charge is 0.349 e. The number of hydrogen-bond acceptors (Lipinski definition) is 5. The topological polar surface area (TPSA) is 66.8 Å². The van der Waals surface area contributed by atoms with E-state index in [4.69, 9.17) is 0 Å². The predicted molar refractivity (Wildman–Crippen MR) is 104 cm³/mol. The maximum Gasteiger partial charge on any atom is 0.271 e. The number of hydrogen-bond donors (Lipinski definition) is 1. The summed E-state index contributed by atoms with van der Waals surface area (Å²) >= 11 is 3.27. The summed E-state index contributed by atoms with van der Waals surface area (Å²) in [6.45, 7) is 0.458. The highest BCUT2D eigenvalue weighted by Gasteiger charge is 2.17. The van der Waals surface area contributed by atoms with Crippen molar-refractivity contribution in [3.8, 4) is 21.3 Å². The van der Waals surface area contributed by atoms with E-state index in [-0.39, 0.29) is 5.91 Å². The summed E-state index contributed by atoms with van der Waals surface area (Å²) in [4.78, 5) is 20.1. The van der Waals surface area contributed by atoms with Crippen LogP contribution in [0.1, 0.15) is 16.2 Å². The maximum absolute atomic E-state index is 12.7. The Morgan fingerprint density at radius 1 is 1.31 bits per heavy atom. The molecule has 26 heavy (non-hydrogen) atoms. The van der Waals surface area contributed by atoms with Gasteiger partial charge in [-0.1, -0.05) is 6.07 Å². The molecular formula is C18H17N5OS2. The molecule has 4 heterocycles. The fraction of sp³-hybridized carbons (Fsp3) is 0.167. The monoisotopic (exact) mass is 383 g/mol. The lowest BCUT2D eigenvalue weighted by Gasteiger charge is -2.14. The summed E-state index contributed by atoms with van der Waals surface area (Å²) < 4.78 is 1.97. The summed E-state index contributed by atoms with van der Waals surface area (Å²) in [5.74, 6) is -0.108. The van der Waals surface area contributed by atoms with Gasteiger partial charge in [-0.15, -0.1) is 22.7 Å². The lowest BCUT2D eigenvalue weighted by Crippen LogP contribution is -2.26. The highest BCUT2D eigenvalue weighted by molar-refractivity contribution is 7.20. The molecule has 0 aromatic carbocycles. The van der Waals surface area contributed by atoms with Crippen LogP contribution in [0, 0.1) is 0 Å². The molecule has 0 spiro atoms. The quantitative estimate of drug-likeness (QED) is 0.569. The molecule has 1 amide bonds. The summed E-state index contributed by atoms with van der Waals surface area (Å²) in [6, 6.07) is 9.77. The van der Waals surface area contributed by atoms with Crippen LogP contribution in [-0.4, -0.2) is 37.6 Å². The van der Waals surface area contributed by atoms with Gasteiger partial charge in [-0.3, -0.25) is 9.89 Å². The van der Waals surface area contributed by atoms with Crippen LogP contribution in [0.2, 0.25) is 0 Å². The third kappa shape index (κ3) is 3.21. The van der Waals surface area contributed by atoms with E-state index in [1.807, 2.05) is 46.8 Å². The molecule has 132 valence electrons. The molecule has 0 saturated carbocycles. The molecule has 8 heteroatoms. The van der Waals surface area contributed by atoms with Gasteiger partial charge < -0.3 is 9.47 Å². The second kappa shape index (κ2) is 6.89. The zero-order chi connectivity index (χ0) is 18.1. The highest BCUT2D eigenvalue weighted by atomic mass is 32.1. The third-order valence-corrected chi connectivity index (χ3v) is 5.97. The van der Waals surface area contributed by atoms with Crippen molar-refractivity contribution in [1.82, 2.24) is 24.6 Å². The van der Waals surface area contributed by atoms with Gasteiger partial charge in [-0.2, -0.15) is 5.10 Å². The van der Waals surface area contributed by atoms with E-state index >= 15 is 0 Å². The Bertz CT molecular complexity index is 1030. The summed E-state index contributed by atoms with van der Waals surface area (Å²) in [5.41, 5.74) is 3.07. The molecule has 0 radical (unpaired) electrons. The SMILES string of the molecule is CN(Cc1csc(-c2cccs2)n1)C(=O)c1cc(-c2cccn2C)n[nH]1. The van der Waals surface area contributed by atoms with Gasteiger partial charge in [0.25, 0.3) is 5.91 Å². The molecule has 0 unspecified atom stereocenters. The van der Waals surface area contributed by atoms with E-state index in [1.165, 1.54) is 0 Å².